The van der Waals surface area contributed by atoms with Crippen LogP contribution in [-0.4, -0.2) is 21.2 Å². The maximum atomic E-state index is 14.0. The summed E-state index contributed by atoms with van der Waals surface area (Å²) in [5.74, 6) is -1.18. The molecule has 122 valence electrons. The van der Waals surface area contributed by atoms with E-state index in [1.54, 1.807) is 32.0 Å². The Bertz CT molecular complexity index is 927. The van der Waals surface area contributed by atoms with E-state index < -0.39 is 11.8 Å². The van der Waals surface area contributed by atoms with Crippen molar-refractivity contribution in [3.8, 4) is 22.8 Å². The molecule has 1 N–H and O–H groups in total. The van der Waals surface area contributed by atoms with Crippen molar-refractivity contribution >= 4 is 5.97 Å². The van der Waals surface area contributed by atoms with Crippen LogP contribution in [0.15, 0.2) is 34.9 Å². The highest BCUT2D eigenvalue weighted by atomic mass is 19.1. The van der Waals surface area contributed by atoms with Crippen LogP contribution in [-0.2, 0) is 0 Å². The second kappa shape index (κ2) is 5.88. The second-order valence-electron chi connectivity index (χ2n) is 5.63. The molecule has 0 unspecified atom stereocenters. The summed E-state index contributed by atoms with van der Waals surface area (Å²) < 4.78 is 19.2. The molecule has 0 spiro atoms. The van der Waals surface area contributed by atoms with Crippen LogP contribution in [0, 0.1) is 26.6 Å². The highest BCUT2D eigenvalue weighted by Gasteiger charge is 2.18. The van der Waals surface area contributed by atoms with Crippen molar-refractivity contribution in [2.45, 2.75) is 20.8 Å². The highest BCUT2D eigenvalue weighted by molar-refractivity contribution is 5.91. The van der Waals surface area contributed by atoms with Gasteiger partial charge in [-0.25, -0.2) is 9.18 Å². The van der Waals surface area contributed by atoms with Crippen molar-refractivity contribution in [2.75, 3.05) is 0 Å². The van der Waals surface area contributed by atoms with E-state index in [1.807, 2.05) is 6.92 Å². The lowest BCUT2D eigenvalue weighted by molar-refractivity contribution is 0.0696. The molecule has 0 saturated heterocycles. The first-order valence-corrected chi connectivity index (χ1v) is 7.32. The quantitative estimate of drug-likeness (QED) is 0.782. The first-order valence-electron chi connectivity index (χ1n) is 7.32. The Hall–Kier alpha value is -3.02. The summed E-state index contributed by atoms with van der Waals surface area (Å²) in [4.78, 5) is 15.6. The third-order valence-electron chi connectivity index (χ3n) is 4.02. The van der Waals surface area contributed by atoms with Crippen LogP contribution in [0.4, 0.5) is 4.39 Å². The molecule has 1 heterocycles. The number of hydrogen-bond donors (Lipinski definition) is 1. The zero-order valence-electron chi connectivity index (χ0n) is 13.4. The molecular formula is C18H15FN2O3. The van der Waals surface area contributed by atoms with Crippen molar-refractivity contribution in [2.24, 2.45) is 0 Å². The molecule has 0 aliphatic heterocycles. The summed E-state index contributed by atoms with van der Waals surface area (Å²) in [6, 6.07) is 7.96. The minimum Gasteiger partial charge on any atom is -0.478 e. The molecule has 6 heteroatoms. The number of aryl methyl sites for hydroxylation is 2. The van der Waals surface area contributed by atoms with Gasteiger partial charge in [0.1, 0.15) is 5.82 Å². The number of halogens is 1. The van der Waals surface area contributed by atoms with E-state index in [0.29, 0.717) is 16.7 Å². The highest BCUT2D eigenvalue weighted by Crippen LogP contribution is 2.29. The lowest BCUT2D eigenvalue weighted by atomic mass is 9.99. The predicted molar refractivity (Wildman–Crippen MR) is 86.3 cm³/mol. The van der Waals surface area contributed by atoms with Crippen molar-refractivity contribution in [3.63, 3.8) is 0 Å². The molecule has 0 atom stereocenters. The Morgan fingerprint density at radius 1 is 1.17 bits per heavy atom. The Balaban J connectivity index is 2.11. The Kier molecular flexibility index (Phi) is 3.89. The monoisotopic (exact) mass is 326 g/mol. The van der Waals surface area contributed by atoms with E-state index >= 15 is 0 Å². The topological polar surface area (TPSA) is 76.2 Å². The summed E-state index contributed by atoms with van der Waals surface area (Å²) in [5.41, 5.74) is 3.10. The lowest BCUT2D eigenvalue weighted by Gasteiger charge is -2.06. The van der Waals surface area contributed by atoms with Gasteiger partial charge in [0, 0.05) is 5.56 Å². The van der Waals surface area contributed by atoms with Crippen molar-refractivity contribution in [1.82, 2.24) is 10.1 Å². The van der Waals surface area contributed by atoms with Gasteiger partial charge in [0.05, 0.1) is 11.1 Å². The van der Waals surface area contributed by atoms with Crippen LogP contribution in [0.5, 0.6) is 0 Å². The molecule has 0 saturated carbocycles. The fourth-order valence-electron chi connectivity index (χ4n) is 2.56. The van der Waals surface area contributed by atoms with E-state index in [9.17, 15) is 14.3 Å². The van der Waals surface area contributed by atoms with Crippen LogP contribution in [0.3, 0.4) is 0 Å². The first kappa shape index (κ1) is 15.9. The summed E-state index contributed by atoms with van der Waals surface area (Å²) in [6.45, 7) is 5.31. The number of aromatic carboxylic acids is 1. The number of carboxylic acid groups (broad SMARTS) is 1. The van der Waals surface area contributed by atoms with Gasteiger partial charge >= 0.3 is 5.97 Å². The predicted octanol–water partition coefficient (Wildman–Crippen LogP) is 4.17. The van der Waals surface area contributed by atoms with Crippen LogP contribution in [0.2, 0.25) is 0 Å². The van der Waals surface area contributed by atoms with Crippen LogP contribution < -0.4 is 0 Å². The molecule has 0 aliphatic rings. The van der Waals surface area contributed by atoms with Crippen molar-refractivity contribution in [1.29, 1.82) is 0 Å². The number of carbonyl (C=O) groups is 1. The minimum atomic E-state index is -1.02. The third-order valence-corrected chi connectivity index (χ3v) is 4.02. The molecule has 5 nitrogen and oxygen atoms in total. The Morgan fingerprint density at radius 2 is 1.92 bits per heavy atom. The summed E-state index contributed by atoms with van der Waals surface area (Å²) in [5, 5.41) is 13.2. The molecule has 1 aromatic heterocycles. The SMILES string of the molecule is Cc1cc(-c2noc(-c3c(C)cccc3F)n2)cc(C(=O)O)c1C. The molecule has 0 amide bonds. The maximum Gasteiger partial charge on any atom is 0.335 e. The lowest BCUT2D eigenvalue weighted by Crippen LogP contribution is -2.02. The van der Waals surface area contributed by atoms with Gasteiger partial charge < -0.3 is 9.63 Å². The molecule has 3 aromatic rings. The molecule has 2 aromatic carbocycles. The number of nitrogens with zero attached hydrogens (tertiary/aromatic N) is 2. The average Bonchev–Trinajstić information content (AvgIpc) is 2.99. The fraction of sp³-hybridized carbons (Fsp3) is 0.167. The van der Waals surface area contributed by atoms with Gasteiger partial charge in [-0.1, -0.05) is 17.3 Å². The van der Waals surface area contributed by atoms with Crippen molar-refractivity contribution in [3.05, 3.63) is 58.4 Å². The van der Waals surface area contributed by atoms with Crippen molar-refractivity contribution < 1.29 is 18.8 Å². The Labute approximate surface area is 137 Å². The van der Waals surface area contributed by atoms with Gasteiger partial charge in [0.25, 0.3) is 5.89 Å². The fourth-order valence-corrected chi connectivity index (χ4v) is 2.56. The largest absolute Gasteiger partial charge is 0.478 e. The first-order chi connectivity index (χ1) is 11.4. The standard InChI is InChI=1S/C18H15FN2O3/c1-9-5-4-6-14(19)15(9)17-20-16(21-24-17)12-7-10(2)11(3)13(8-12)18(22)23/h4-8H,1-3H3,(H,22,23). The minimum absolute atomic E-state index is 0.0655. The van der Waals surface area contributed by atoms with Crippen LogP contribution in [0.25, 0.3) is 22.8 Å². The van der Waals surface area contributed by atoms with Gasteiger partial charge in [-0.3, -0.25) is 0 Å². The van der Waals surface area contributed by atoms with Crippen LogP contribution >= 0.6 is 0 Å². The van der Waals surface area contributed by atoms with Gasteiger partial charge in [-0.15, -0.1) is 0 Å². The number of carboxylic acids is 1. The molecular weight excluding hydrogens is 311 g/mol. The van der Waals surface area contributed by atoms with Crippen LogP contribution in [0.1, 0.15) is 27.0 Å². The molecule has 0 bridgehead atoms. The molecule has 0 radical (unpaired) electrons. The zero-order chi connectivity index (χ0) is 17.4. The third kappa shape index (κ3) is 2.67. The van der Waals surface area contributed by atoms with E-state index in [0.717, 1.165) is 5.56 Å². The number of rotatable bonds is 3. The zero-order valence-corrected chi connectivity index (χ0v) is 13.4. The molecule has 24 heavy (non-hydrogen) atoms. The van der Waals surface area contributed by atoms with E-state index in [4.69, 9.17) is 4.52 Å². The Morgan fingerprint density at radius 3 is 2.58 bits per heavy atom. The van der Waals surface area contributed by atoms with Gasteiger partial charge in [-0.05, 0) is 55.7 Å². The van der Waals surface area contributed by atoms with E-state index in [1.165, 1.54) is 12.1 Å². The summed E-state index contributed by atoms with van der Waals surface area (Å²) in [7, 11) is 0. The molecule has 0 fully saturated rings. The average molecular weight is 326 g/mol. The normalized spacial score (nSPS) is 10.8. The number of benzene rings is 2. The van der Waals surface area contributed by atoms with Gasteiger partial charge in [0.2, 0.25) is 5.82 Å². The maximum absolute atomic E-state index is 14.0. The number of hydrogen-bond acceptors (Lipinski definition) is 4. The second-order valence-corrected chi connectivity index (χ2v) is 5.63. The molecule has 3 rings (SSSR count). The van der Waals surface area contributed by atoms with Gasteiger partial charge in [-0.2, -0.15) is 4.98 Å². The summed E-state index contributed by atoms with van der Waals surface area (Å²) in [6.07, 6.45) is 0. The smallest absolute Gasteiger partial charge is 0.335 e. The summed E-state index contributed by atoms with van der Waals surface area (Å²) >= 11 is 0. The number of aromatic nitrogens is 2. The van der Waals surface area contributed by atoms with E-state index in [2.05, 4.69) is 10.1 Å². The van der Waals surface area contributed by atoms with Gasteiger partial charge in [0.15, 0.2) is 0 Å². The molecule has 0 aliphatic carbocycles. The van der Waals surface area contributed by atoms with E-state index in [-0.39, 0.29) is 22.8 Å².